The fourth-order valence-corrected chi connectivity index (χ4v) is 2.61. The van der Waals surface area contributed by atoms with Crippen molar-refractivity contribution in [3.8, 4) is 5.75 Å². The summed E-state index contributed by atoms with van der Waals surface area (Å²) in [6.45, 7) is 1.37. The quantitative estimate of drug-likeness (QED) is 0.824. The number of ether oxygens (including phenoxy) is 2. The van der Waals surface area contributed by atoms with Crippen LogP contribution in [0.25, 0.3) is 0 Å². The van der Waals surface area contributed by atoms with Crippen LogP contribution in [0.1, 0.15) is 15.2 Å². The van der Waals surface area contributed by atoms with E-state index in [4.69, 9.17) is 15.2 Å². The number of anilines is 1. The van der Waals surface area contributed by atoms with Gasteiger partial charge in [0.1, 0.15) is 12.4 Å². The van der Waals surface area contributed by atoms with Crippen molar-refractivity contribution >= 4 is 22.9 Å². The molecule has 0 unspecified atom stereocenters. The average molecular weight is 306 g/mol. The van der Waals surface area contributed by atoms with Crippen LogP contribution < -0.4 is 15.8 Å². The second-order valence-corrected chi connectivity index (χ2v) is 5.24. The Morgan fingerprint density at radius 1 is 1.29 bits per heavy atom. The average Bonchev–Trinajstić information content (AvgIpc) is 2.95. The summed E-state index contributed by atoms with van der Waals surface area (Å²) in [5.74, 6) is 0.599. The zero-order valence-corrected chi connectivity index (χ0v) is 12.6. The number of thiophene rings is 1. The van der Waals surface area contributed by atoms with Crippen molar-refractivity contribution in [2.75, 3.05) is 25.6 Å². The maximum atomic E-state index is 12.2. The van der Waals surface area contributed by atoms with E-state index in [2.05, 4.69) is 5.32 Å². The molecule has 0 aliphatic heterocycles. The van der Waals surface area contributed by atoms with Crippen LogP contribution in [0.15, 0.2) is 35.7 Å². The summed E-state index contributed by atoms with van der Waals surface area (Å²) in [5.41, 5.74) is 6.98. The first kappa shape index (κ1) is 15.5. The van der Waals surface area contributed by atoms with Gasteiger partial charge in [0.25, 0.3) is 5.91 Å². The summed E-state index contributed by atoms with van der Waals surface area (Å²) in [6, 6.07) is 9.10. The van der Waals surface area contributed by atoms with Gasteiger partial charge in [-0.05, 0) is 35.7 Å². The van der Waals surface area contributed by atoms with Crippen molar-refractivity contribution in [2.45, 2.75) is 6.61 Å². The van der Waals surface area contributed by atoms with Gasteiger partial charge >= 0.3 is 0 Å². The number of carbonyl (C=O) groups excluding carboxylic acids is 1. The fourth-order valence-electron chi connectivity index (χ4n) is 1.80. The molecule has 0 saturated heterocycles. The molecule has 1 amide bonds. The lowest BCUT2D eigenvalue weighted by atomic mass is 10.2. The first-order chi connectivity index (χ1) is 10.2. The number of methoxy groups -OCH3 is 1. The molecule has 21 heavy (non-hydrogen) atoms. The molecule has 0 aliphatic rings. The maximum Gasteiger partial charge on any atom is 0.266 e. The Balaban J connectivity index is 2.00. The van der Waals surface area contributed by atoms with Crippen LogP contribution in [-0.2, 0) is 11.3 Å². The summed E-state index contributed by atoms with van der Waals surface area (Å²) in [6.07, 6.45) is 0. The summed E-state index contributed by atoms with van der Waals surface area (Å²) >= 11 is 1.40. The molecule has 0 fully saturated rings. The van der Waals surface area contributed by atoms with E-state index in [0.717, 1.165) is 17.0 Å². The van der Waals surface area contributed by atoms with Crippen LogP contribution in [-0.4, -0.2) is 26.2 Å². The highest BCUT2D eigenvalue weighted by Crippen LogP contribution is 2.21. The Morgan fingerprint density at radius 2 is 2.05 bits per heavy atom. The fraction of sp³-hybridized carbons (Fsp3) is 0.267. The van der Waals surface area contributed by atoms with Gasteiger partial charge in [-0.1, -0.05) is 0 Å². The van der Waals surface area contributed by atoms with Gasteiger partial charge in [-0.15, -0.1) is 11.3 Å². The Labute approximate surface area is 127 Å². The third-order valence-corrected chi connectivity index (χ3v) is 3.71. The van der Waals surface area contributed by atoms with Crippen LogP contribution in [0.4, 0.5) is 5.69 Å². The molecular formula is C15H18N2O3S. The third-order valence-electron chi connectivity index (χ3n) is 2.75. The van der Waals surface area contributed by atoms with Gasteiger partial charge < -0.3 is 20.5 Å². The van der Waals surface area contributed by atoms with Crippen molar-refractivity contribution in [1.29, 1.82) is 0 Å². The minimum atomic E-state index is -0.132. The Morgan fingerprint density at radius 3 is 2.71 bits per heavy atom. The second kappa shape index (κ2) is 7.78. The number of hydrogen-bond acceptors (Lipinski definition) is 5. The normalized spacial score (nSPS) is 10.4. The monoisotopic (exact) mass is 306 g/mol. The van der Waals surface area contributed by atoms with Crippen LogP contribution in [0.3, 0.4) is 0 Å². The van der Waals surface area contributed by atoms with E-state index in [9.17, 15) is 4.79 Å². The standard InChI is InChI=1S/C15H18N2O3S/c1-19-10-11-6-9-21-14(11)15(18)17-12-2-4-13(5-3-12)20-8-7-16/h2-6,9H,7-8,10,16H2,1H3,(H,17,18). The molecular weight excluding hydrogens is 288 g/mol. The molecule has 6 heteroatoms. The number of amides is 1. The molecule has 1 heterocycles. The first-order valence-electron chi connectivity index (χ1n) is 6.54. The topological polar surface area (TPSA) is 73.6 Å². The van der Waals surface area contributed by atoms with Gasteiger partial charge in [-0.2, -0.15) is 0 Å². The molecule has 0 aliphatic carbocycles. The number of rotatable bonds is 7. The third kappa shape index (κ3) is 4.29. The van der Waals surface area contributed by atoms with Crippen LogP contribution >= 0.6 is 11.3 Å². The largest absolute Gasteiger partial charge is 0.492 e. The lowest BCUT2D eigenvalue weighted by Gasteiger charge is -2.08. The molecule has 112 valence electrons. The molecule has 0 bridgehead atoms. The predicted octanol–water partition coefficient (Wildman–Crippen LogP) is 2.48. The van der Waals surface area contributed by atoms with E-state index in [1.54, 1.807) is 31.4 Å². The van der Waals surface area contributed by atoms with E-state index in [-0.39, 0.29) is 5.91 Å². The van der Waals surface area contributed by atoms with Crippen molar-refractivity contribution in [1.82, 2.24) is 0 Å². The maximum absolute atomic E-state index is 12.2. The summed E-state index contributed by atoms with van der Waals surface area (Å²) in [4.78, 5) is 12.9. The molecule has 0 saturated carbocycles. The molecule has 0 spiro atoms. The van der Waals surface area contributed by atoms with E-state index in [0.29, 0.717) is 24.6 Å². The number of carbonyl (C=O) groups is 1. The molecule has 2 rings (SSSR count). The van der Waals surface area contributed by atoms with Gasteiger partial charge in [0, 0.05) is 24.9 Å². The Bertz CT molecular complexity index is 581. The number of hydrogen-bond donors (Lipinski definition) is 2. The minimum absolute atomic E-state index is 0.132. The van der Waals surface area contributed by atoms with E-state index < -0.39 is 0 Å². The summed E-state index contributed by atoms with van der Waals surface area (Å²) in [5, 5.41) is 4.74. The summed E-state index contributed by atoms with van der Waals surface area (Å²) < 4.78 is 10.5. The van der Waals surface area contributed by atoms with Gasteiger partial charge in [-0.3, -0.25) is 4.79 Å². The van der Waals surface area contributed by atoms with Crippen LogP contribution in [0.5, 0.6) is 5.75 Å². The van der Waals surface area contributed by atoms with Crippen molar-refractivity contribution in [2.24, 2.45) is 5.73 Å². The number of nitrogens with one attached hydrogen (secondary N) is 1. The minimum Gasteiger partial charge on any atom is -0.492 e. The smallest absolute Gasteiger partial charge is 0.266 e. The van der Waals surface area contributed by atoms with Gasteiger partial charge in [0.15, 0.2) is 0 Å². The van der Waals surface area contributed by atoms with Gasteiger partial charge in [0.2, 0.25) is 0 Å². The van der Waals surface area contributed by atoms with E-state index >= 15 is 0 Å². The second-order valence-electron chi connectivity index (χ2n) is 4.32. The highest BCUT2D eigenvalue weighted by Gasteiger charge is 2.13. The van der Waals surface area contributed by atoms with Crippen molar-refractivity contribution in [3.05, 3.63) is 46.2 Å². The Kier molecular flexibility index (Phi) is 5.74. The molecule has 2 aromatic rings. The zero-order valence-electron chi connectivity index (χ0n) is 11.8. The highest BCUT2D eigenvalue weighted by atomic mass is 32.1. The summed E-state index contributed by atoms with van der Waals surface area (Å²) in [7, 11) is 1.61. The van der Waals surface area contributed by atoms with E-state index in [1.807, 2.05) is 11.4 Å². The zero-order chi connectivity index (χ0) is 15.1. The van der Waals surface area contributed by atoms with E-state index in [1.165, 1.54) is 11.3 Å². The molecule has 5 nitrogen and oxygen atoms in total. The number of benzene rings is 1. The molecule has 3 N–H and O–H groups in total. The van der Waals surface area contributed by atoms with Gasteiger partial charge in [-0.25, -0.2) is 0 Å². The van der Waals surface area contributed by atoms with Crippen molar-refractivity contribution < 1.29 is 14.3 Å². The Hall–Kier alpha value is -1.89. The highest BCUT2D eigenvalue weighted by molar-refractivity contribution is 7.12. The molecule has 1 aromatic carbocycles. The molecule has 1 aromatic heterocycles. The van der Waals surface area contributed by atoms with Crippen molar-refractivity contribution in [3.63, 3.8) is 0 Å². The number of nitrogens with two attached hydrogens (primary N) is 1. The molecule has 0 atom stereocenters. The van der Waals surface area contributed by atoms with Gasteiger partial charge in [0.05, 0.1) is 11.5 Å². The lowest BCUT2D eigenvalue weighted by molar-refractivity contribution is 0.102. The SMILES string of the molecule is COCc1ccsc1C(=O)Nc1ccc(OCCN)cc1. The van der Waals surface area contributed by atoms with Crippen LogP contribution in [0, 0.1) is 0 Å². The predicted molar refractivity (Wildman–Crippen MR) is 84.0 cm³/mol. The first-order valence-corrected chi connectivity index (χ1v) is 7.42. The lowest BCUT2D eigenvalue weighted by Crippen LogP contribution is -2.12. The molecule has 0 radical (unpaired) electrons. The van der Waals surface area contributed by atoms with Crippen LogP contribution in [0.2, 0.25) is 0 Å².